The van der Waals surface area contributed by atoms with E-state index < -0.39 is 0 Å². The highest BCUT2D eigenvalue weighted by molar-refractivity contribution is 5.70. The summed E-state index contributed by atoms with van der Waals surface area (Å²) in [5, 5.41) is 4.30. The molecule has 0 bridgehead atoms. The van der Waals surface area contributed by atoms with Gasteiger partial charge in [0.15, 0.2) is 0 Å². The predicted molar refractivity (Wildman–Crippen MR) is 75.7 cm³/mol. The first-order valence-corrected chi connectivity index (χ1v) is 7.05. The Balaban J connectivity index is 1.99. The zero-order chi connectivity index (χ0) is 13.4. The number of hydrogen-bond acceptors (Lipinski definition) is 3. The average Bonchev–Trinajstić information content (AvgIpc) is 3.12. The Labute approximate surface area is 113 Å². The van der Waals surface area contributed by atoms with Gasteiger partial charge < -0.3 is 10.3 Å². The monoisotopic (exact) mass is 259 g/mol. The van der Waals surface area contributed by atoms with E-state index in [1.165, 1.54) is 25.7 Å². The third-order valence-corrected chi connectivity index (χ3v) is 4.12. The summed E-state index contributed by atoms with van der Waals surface area (Å²) in [5.41, 5.74) is 8.11. The fourth-order valence-corrected chi connectivity index (χ4v) is 2.95. The van der Waals surface area contributed by atoms with Crippen molar-refractivity contribution in [2.45, 2.75) is 45.1 Å². The van der Waals surface area contributed by atoms with Crippen LogP contribution in [0, 0.1) is 0 Å². The van der Waals surface area contributed by atoms with Crippen LogP contribution < -0.4 is 5.73 Å². The molecule has 5 heteroatoms. The lowest BCUT2D eigenvalue weighted by Crippen LogP contribution is -2.05. The van der Waals surface area contributed by atoms with Crippen LogP contribution in [0.5, 0.6) is 0 Å². The molecule has 2 aromatic rings. The molecule has 1 fully saturated rings. The minimum Gasteiger partial charge on any atom is -0.383 e. The Morgan fingerprint density at radius 3 is 2.74 bits per heavy atom. The quantitative estimate of drug-likeness (QED) is 0.921. The molecule has 1 aliphatic rings. The van der Waals surface area contributed by atoms with Gasteiger partial charge in [0, 0.05) is 31.3 Å². The van der Waals surface area contributed by atoms with Gasteiger partial charge in [-0.2, -0.15) is 5.10 Å². The number of nitrogens with two attached hydrogens (primary N) is 1. The standard InChI is InChI=1S/C14H21N5/c1-3-19-9-11(8-16-19)12-13(15)18(2)14(17-12)10-6-4-5-7-10/h8-10H,3-7,15H2,1-2H3. The van der Waals surface area contributed by atoms with Gasteiger partial charge in [-0.3, -0.25) is 4.68 Å². The maximum atomic E-state index is 6.22. The molecule has 0 aliphatic heterocycles. The first kappa shape index (κ1) is 12.3. The van der Waals surface area contributed by atoms with Crippen LogP contribution in [0.25, 0.3) is 11.3 Å². The van der Waals surface area contributed by atoms with Crippen molar-refractivity contribution in [3.63, 3.8) is 0 Å². The Kier molecular flexibility index (Phi) is 3.05. The number of aromatic nitrogens is 4. The summed E-state index contributed by atoms with van der Waals surface area (Å²) >= 11 is 0. The van der Waals surface area contributed by atoms with Gasteiger partial charge in [-0.05, 0) is 19.8 Å². The molecule has 5 nitrogen and oxygen atoms in total. The first-order chi connectivity index (χ1) is 9.20. The van der Waals surface area contributed by atoms with Crippen molar-refractivity contribution in [2.24, 2.45) is 7.05 Å². The van der Waals surface area contributed by atoms with Crippen molar-refractivity contribution < 1.29 is 0 Å². The van der Waals surface area contributed by atoms with Crippen molar-refractivity contribution in [1.29, 1.82) is 0 Å². The number of hydrogen-bond donors (Lipinski definition) is 1. The lowest BCUT2D eigenvalue weighted by molar-refractivity contribution is 0.635. The first-order valence-electron chi connectivity index (χ1n) is 7.05. The Hall–Kier alpha value is -1.78. The van der Waals surface area contributed by atoms with Crippen LogP contribution in [0.15, 0.2) is 12.4 Å². The molecular weight excluding hydrogens is 238 g/mol. The van der Waals surface area contributed by atoms with Gasteiger partial charge in [-0.15, -0.1) is 0 Å². The van der Waals surface area contributed by atoms with Crippen LogP contribution in [0.2, 0.25) is 0 Å². The molecule has 19 heavy (non-hydrogen) atoms. The summed E-state index contributed by atoms with van der Waals surface area (Å²) in [6.45, 7) is 2.94. The summed E-state index contributed by atoms with van der Waals surface area (Å²) in [7, 11) is 2.02. The van der Waals surface area contributed by atoms with E-state index in [2.05, 4.69) is 16.6 Å². The van der Waals surface area contributed by atoms with E-state index in [4.69, 9.17) is 10.7 Å². The van der Waals surface area contributed by atoms with Gasteiger partial charge in [0.1, 0.15) is 17.3 Å². The fraction of sp³-hybridized carbons (Fsp3) is 0.571. The van der Waals surface area contributed by atoms with Crippen LogP contribution in [-0.4, -0.2) is 19.3 Å². The highest BCUT2D eigenvalue weighted by Crippen LogP contribution is 2.36. The number of rotatable bonds is 3. The number of nitrogen functional groups attached to an aromatic ring is 1. The molecule has 0 amide bonds. The van der Waals surface area contributed by atoms with Gasteiger partial charge >= 0.3 is 0 Å². The highest BCUT2D eigenvalue weighted by Gasteiger charge is 2.24. The van der Waals surface area contributed by atoms with Crippen LogP contribution in [0.1, 0.15) is 44.3 Å². The van der Waals surface area contributed by atoms with Crippen LogP contribution in [0.3, 0.4) is 0 Å². The van der Waals surface area contributed by atoms with Crippen LogP contribution in [0.4, 0.5) is 5.82 Å². The lowest BCUT2D eigenvalue weighted by atomic mass is 10.1. The van der Waals surface area contributed by atoms with Gasteiger partial charge in [0.05, 0.1) is 6.20 Å². The molecule has 1 aliphatic carbocycles. The molecule has 2 heterocycles. The normalized spacial score (nSPS) is 16.3. The van der Waals surface area contributed by atoms with Crippen molar-refractivity contribution in [3.05, 3.63) is 18.2 Å². The van der Waals surface area contributed by atoms with E-state index in [1.807, 2.05) is 24.1 Å². The molecule has 0 unspecified atom stereocenters. The Bertz CT molecular complexity index is 575. The Morgan fingerprint density at radius 1 is 1.37 bits per heavy atom. The topological polar surface area (TPSA) is 61.7 Å². The number of aryl methyl sites for hydroxylation is 1. The molecule has 0 atom stereocenters. The average molecular weight is 259 g/mol. The second kappa shape index (κ2) is 4.72. The van der Waals surface area contributed by atoms with Crippen molar-refractivity contribution in [2.75, 3.05) is 5.73 Å². The smallest absolute Gasteiger partial charge is 0.131 e. The number of anilines is 1. The molecule has 0 aromatic carbocycles. The summed E-state index contributed by atoms with van der Waals surface area (Å²) in [6.07, 6.45) is 8.94. The van der Waals surface area contributed by atoms with Crippen LogP contribution >= 0.6 is 0 Å². The molecule has 1 saturated carbocycles. The predicted octanol–water partition coefficient (Wildman–Crippen LogP) is 2.54. The molecular formula is C14H21N5. The van der Waals surface area contributed by atoms with Crippen molar-refractivity contribution in [1.82, 2.24) is 19.3 Å². The third kappa shape index (κ3) is 2.03. The minimum absolute atomic E-state index is 0.572. The SMILES string of the molecule is CCn1cc(-c2nc(C3CCCC3)n(C)c2N)cn1. The van der Waals surface area contributed by atoms with E-state index >= 15 is 0 Å². The maximum absolute atomic E-state index is 6.22. The molecule has 102 valence electrons. The molecule has 0 saturated heterocycles. The van der Waals surface area contributed by atoms with Crippen molar-refractivity contribution in [3.8, 4) is 11.3 Å². The molecule has 0 radical (unpaired) electrons. The van der Waals surface area contributed by atoms with Gasteiger partial charge in [0.25, 0.3) is 0 Å². The lowest BCUT2D eigenvalue weighted by Gasteiger charge is -2.08. The van der Waals surface area contributed by atoms with E-state index in [1.54, 1.807) is 0 Å². The number of nitrogens with zero attached hydrogens (tertiary/aromatic N) is 4. The van der Waals surface area contributed by atoms with E-state index in [-0.39, 0.29) is 0 Å². The second-order valence-corrected chi connectivity index (χ2v) is 5.33. The summed E-state index contributed by atoms with van der Waals surface area (Å²) in [6, 6.07) is 0. The summed E-state index contributed by atoms with van der Waals surface area (Å²) in [4.78, 5) is 4.79. The van der Waals surface area contributed by atoms with Gasteiger partial charge in [-0.25, -0.2) is 4.98 Å². The fourth-order valence-electron chi connectivity index (χ4n) is 2.95. The van der Waals surface area contributed by atoms with E-state index in [0.717, 1.165) is 29.4 Å². The molecule has 2 aromatic heterocycles. The Morgan fingerprint density at radius 2 is 2.11 bits per heavy atom. The molecule has 3 rings (SSSR count). The largest absolute Gasteiger partial charge is 0.383 e. The minimum atomic E-state index is 0.572. The van der Waals surface area contributed by atoms with Gasteiger partial charge in [0.2, 0.25) is 0 Å². The molecule has 2 N–H and O–H groups in total. The maximum Gasteiger partial charge on any atom is 0.131 e. The summed E-state index contributed by atoms with van der Waals surface area (Å²) < 4.78 is 3.95. The molecule has 0 spiro atoms. The third-order valence-electron chi connectivity index (χ3n) is 4.12. The second-order valence-electron chi connectivity index (χ2n) is 5.33. The number of imidazole rings is 1. The van der Waals surface area contributed by atoms with E-state index in [0.29, 0.717) is 5.92 Å². The van der Waals surface area contributed by atoms with E-state index in [9.17, 15) is 0 Å². The van der Waals surface area contributed by atoms with Gasteiger partial charge in [-0.1, -0.05) is 12.8 Å². The zero-order valence-electron chi connectivity index (χ0n) is 11.6. The van der Waals surface area contributed by atoms with Crippen LogP contribution in [-0.2, 0) is 13.6 Å². The van der Waals surface area contributed by atoms with Crippen molar-refractivity contribution >= 4 is 5.82 Å². The zero-order valence-corrected chi connectivity index (χ0v) is 11.6. The highest BCUT2D eigenvalue weighted by atomic mass is 15.3. The summed E-state index contributed by atoms with van der Waals surface area (Å²) in [5.74, 6) is 2.45.